The van der Waals surface area contributed by atoms with Gasteiger partial charge >= 0.3 is 6.18 Å². The number of halogens is 3. The van der Waals surface area contributed by atoms with Gasteiger partial charge in [-0.05, 0) is 23.8 Å². The Morgan fingerprint density at radius 3 is 2.54 bits per heavy atom. The Morgan fingerprint density at radius 2 is 1.89 bits per heavy atom. The quantitative estimate of drug-likeness (QED) is 0.639. The average molecular weight is 415 g/mol. The van der Waals surface area contributed by atoms with Crippen LogP contribution in [0.3, 0.4) is 0 Å². The first-order valence-electron chi connectivity index (χ1n) is 8.02. The van der Waals surface area contributed by atoms with Gasteiger partial charge in [0.2, 0.25) is 0 Å². The molecule has 0 unspecified atom stereocenters. The van der Waals surface area contributed by atoms with Crippen LogP contribution in [0.4, 0.5) is 13.2 Å². The minimum Gasteiger partial charge on any atom is -0.483 e. The fourth-order valence-corrected chi connectivity index (χ4v) is 3.63. The summed E-state index contributed by atoms with van der Waals surface area (Å²) < 4.78 is 72.5. The molecule has 0 N–H and O–H groups in total. The third-order valence-corrected chi connectivity index (χ3v) is 4.80. The van der Waals surface area contributed by atoms with Crippen LogP contribution < -0.4 is 10.3 Å². The minimum absolute atomic E-state index is 0.0373. The maximum absolute atomic E-state index is 12.6. The van der Waals surface area contributed by atoms with Gasteiger partial charge in [-0.15, -0.1) is 0 Å². The molecule has 3 aromatic rings. The molecule has 2 heterocycles. The smallest absolute Gasteiger partial charge is 0.422 e. The number of aromatic nitrogens is 1. The first-order chi connectivity index (χ1) is 12.9. The van der Waals surface area contributed by atoms with E-state index in [0.717, 1.165) is 6.26 Å². The fraction of sp³-hybridized carbons (Fsp3) is 0.278. The largest absolute Gasteiger partial charge is 0.483 e. The molecule has 1 aromatic carbocycles. The third kappa shape index (κ3) is 4.38. The molecule has 3 rings (SSSR count). The summed E-state index contributed by atoms with van der Waals surface area (Å²) in [4.78, 5) is 12.2. The SMILES string of the molecule is Cn1cc(-c2cc(CS(C)(=O)=O)ccc2OCC(F)(F)F)c2ccoc2c1=O. The van der Waals surface area contributed by atoms with E-state index in [-0.39, 0.29) is 22.6 Å². The average Bonchev–Trinajstić information content (AvgIpc) is 3.04. The maximum Gasteiger partial charge on any atom is 0.422 e. The van der Waals surface area contributed by atoms with Gasteiger partial charge in [0.25, 0.3) is 5.56 Å². The van der Waals surface area contributed by atoms with E-state index >= 15 is 0 Å². The van der Waals surface area contributed by atoms with Crippen molar-refractivity contribution in [2.24, 2.45) is 7.05 Å². The zero-order valence-electron chi connectivity index (χ0n) is 14.9. The van der Waals surface area contributed by atoms with Crippen molar-refractivity contribution in [2.75, 3.05) is 12.9 Å². The van der Waals surface area contributed by atoms with E-state index < -0.39 is 28.2 Å². The van der Waals surface area contributed by atoms with E-state index in [0.29, 0.717) is 16.5 Å². The normalized spacial score (nSPS) is 12.5. The number of benzene rings is 1. The van der Waals surface area contributed by atoms with Crippen molar-refractivity contribution >= 4 is 20.8 Å². The number of fused-ring (bicyclic) bond motifs is 1. The number of alkyl halides is 3. The highest BCUT2D eigenvalue weighted by atomic mass is 32.2. The summed E-state index contributed by atoms with van der Waals surface area (Å²) >= 11 is 0. The monoisotopic (exact) mass is 415 g/mol. The van der Waals surface area contributed by atoms with Gasteiger partial charge in [-0.3, -0.25) is 4.79 Å². The molecule has 28 heavy (non-hydrogen) atoms. The number of sulfone groups is 1. The van der Waals surface area contributed by atoms with Crippen molar-refractivity contribution in [3.05, 3.63) is 52.6 Å². The van der Waals surface area contributed by atoms with Crippen LogP contribution in [0.5, 0.6) is 5.75 Å². The zero-order valence-corrected chi connectivity index (χ0v) is 15.7. The molecule has 0 radical (unpaired) electrons. The predicted octanol–water partition coefficient (Wildman–Crippen LogP) is 3.28. The lowest BCUT2D eigenvalue weighted by molar-refractivity contribution is -0.153. The number of hydrogen-bond acceptors (Lipinski definition) is 5. The molecule has 6 nitrogen and oxygen atoms in total. The predicted molar refractivity (Wildman–Crippen MR) is 97.0 cm³/mol. The molecule has 0 fully saturated rings. The number of hydrogen-bond donors (Lipinski definition) is 0. The summed E-state index contributed by atoms with van der Waals surface area (Å²) in [5.74, 6) is -0.379. The van der Waals surface area contributed by atoms with Crippen molar-refractivity contribution < 1.29 is 30.7 Å². The van der Waals surface area contributed by atoms with Crippen molar-refractivity contribution in [2.45, 2.75) is 11.9 Å². The van der Waals surface area contributed by atoms with E-state index in [4.69, 9.17) is 9.15 Å². The van der Waals surface area contributed by atoms with Crippen molar-refractivity contribution in [1.29, 1.82) is 0 Å². The molecule has 0 spiro atoms. The van der Waals surface area contributed by atoms with Crippen LogP contribution in [0.2, 0.25) is 0 Å². The van der Waals surface area contributed by atoms with Gasteiger partial charge in [0.05, 0.1) is 12.0 Å². The second-order valence-corrected chi connectivity index (χ2v) is 8.57. The molecular formula is C18H16F3NO5S. The van der Waals surface area contributed by atoms with Crippen LogP contribution in [0.1, 0.15) is 5.56 Å². The Bertz CT molecular complexity index is 1190. The third-order valence-electron chi connectivity index (χ3n) is 3.95. The molecule has 2 aromatic heterocycles. The highest BCUT2D eigenvalue weighted by Crippen LogP contribution is 2.36. The minimum atomic E-state index is -4.54. The first kappa shape index (κ1) is 20.0. The van der Waals surface area contributed by atoms with Crippen LogP contribution in [0.25, 0.3) is 22.1 Å². The summed E-state index contributed by atoms with van der Waals surface area (Å²) in [5.41, 5.74) is 0.622. The van der Waals surface area contributed by atoms with Crippen LogP contribution in [0, 0.1) is 0 Å². The van der Waals surface area contributed by atoms with E-state index in [2.05, 4.69) is 0 Å². The van der Waals surface area contributed by atoms with Gasteiger partial charge in [-0.25, -0.2) is 8.42 Å². The lowest BCUT2D eigenvalue weighted by atomic mass is 10.0. The second kappa shape index (κ2) is 7.01. The van der Waals surface area contributed by atoms with Crippen molar-refractivity contribution in [3.63, 3.8) is 0 Å². The Kier molecular flexibility index (Phi) is 5.00. The summed E-state index contributed by atoms with van der Waals surface area (Å²) in [6.45, 7) is -1.51. The molecule has 0 atom stereocenters. The summed E-state index contributed by atoms with van der Waals surface area (Å²) in [5, 5.41) is 0.386. The van der Waals surface area contributed by atoms with Gasteiger partial charge in [-0.1, -0.05) is 6.07 Å². The van der Waals surface area contributed by atoms with Crippen LogP contribution in [-0.4, -0.2) is 32.0 Å². The summed E-state index contributed by atoms with van der Waals surface area (Å²) in [6.07, 6.45) is -0.745. The Morgan fingerprint density at radius 1 is 1.18 bits per heavy atom. The molecule has 0 saturated carbocycles. The van der Waals surface area contributed by atoms with Gasteiger partial charge in [0.1, 0.15) is 5.75 Å². The summed E-state index contributed by atoms with van der Waals surface area (Å²) in [7, 11) is -1.89. The first-order valence-corrected chi connectivity index (χ1v) is 10.1. The van der Waals surface area contributed by atoms with E-state index in [1.165, 1.54) is 48.3 Å². The molecule has 0 aliphatic rings. The molecule has 0 aliphatic heterocycles. The van der Waals surface area contributed by atoms with Gasteiger partial charge < -0.3 is 13.7 Å². The van der Waals surface area contributed by atoms with Crippen LogP contribution >= 0.6 is 0 Å². The summed E-state index contributed by atoms with van der Waals surface area (Å²) in [6, 6.07) is 5.64. The molecule has 150 valence electrons. The molecule has 0 aliphatic carbocycles. The Hall–Kier alpha value is -2.75. The van der Waals surface area contributed by atoms with Gasteiger partial charge in [0, 0.05) is 36.0 Å². The molecule has 0 amide bonds. The van der Waals surface area contributed by atoms with Crippen molar-refractivity contribution in [3.8, 4) is 16.9 Å². The standard InChI is InChI=1S/C18H16F3NO5S/c1-22-8-14(12-5-6-26-16(12)17(22)23)13-7-11(9-28(2,24)25)3-4-15(13)27-10-18(19,20)21/h3-8H,9-10H2,1-2H3. The molecular weight excluding hydrogens is 399 g/mol. The zero-order chi connectivity index (χ0) is 20.7. The fourth-order valence-electron chi connectivity index (χ4n) is 2.85. The maximum atomic E-state index is 12.6. The topological polar surface area (TPSA) is 78.5 Å². The lowest BCUT2D eigenvalue weighted by Gasteiger charge is -2.16. The van der Waals surface area contributed by atoms with Gasteiger partial charge in [-0.2, -0.15) is 13.2 Å². The van der Waals surface area contributed by atoms with Crippen LogP contribution in [0.15, 0.2) is 45.9 Å². The number of furan rings is 1. The Labute approximate surface area is 158 Å². The van der Waals surface area contributed by atoms with Crippen molar-refractivity contribution in [1.82, 2.24) is 4.57 Å². The van der Waals surface area contributed by atoms with Crippen LogP contribution in [-0.2, 0) is 22.6 Å². The Balaban J connectivity index is 2.21. The highest BCUT2D eigenvalue weighted by Gasteiger charge is 2.29. The molecule has 0 bridgehead atoms. The number of pyridine rings is 1. The molecule has 0 saturated heterocycles. The number of ether oxygens (including phenoxy) is 1. The van der Waals surface area contributed by atoms with E-state index in [9.17, 15) is 26.4 Å². The second-order valence-electron chi connectivity index (χ2n) is 6.43. The van der Waals surface area contributed by atoms with E-state index in [1.54, 1.807) is 0 Å². The number of rotatable bonds is 5. The number of nitrogens with zero attached hydrogens (tertiary/aromatic N) is 1. The number of aryl methyl sites for hydroxylation is 1. The van der Waals surface area contributed by atoms with E-state index in [1.807, 2.05) is 0 Å². The highest BCUT2D eigenvalue weighted by molar-refractivity contribution is 7.89. The lowest BCUT2D eigenvalue weighted by Crippen LogP contribution is -2.20. The molecule has 10 heteroatoms. The van der Waals surface area contributed by atoms with Gasteiger partial charge in [0.15, 0.2) is 22.0 Å².